The number of carbonyl (C=O) groups is 1. The highest BCUT2D eigenvalue weighted by Gasteiger charge is 2.00. The molecule has 1 rings (SSSR count). The Hall–Kier alpha value is -1.57. The Bertz CT molecular complexity index is 336. The van der Waals surface area contributed by atoms with Crippen LogP contribution in [0.15, 0.2) is 30.5 Å². The molecule has 0 unspecified atom stereocenters. The van der Waals surface area contributed by atoms with Crippen molar-refractivity contribution in [3.63, 3.8) is 0 Å². The molecule has 0 saturated carbocycles. The molecular formula is C13H16O2. The van der Waals surface area contributed by atoms with Crippen molar-refractivity contribution in [3.8, 4) is 0 Å². The van der Waals surface area contributed by atoms with E-state index in [1.165, 1.54) is 11.8 Å². The van der Waals surface area contributed by atoms with Gasteiger partial charge in [-0.05, 0) is 24.5 Å². The van der Waals surface area contributed by atoms with E-state index in [4.69, 9.17) is 4.74 Å². The average Bonchev–Trinajstić information content (AvgIpc) is 2.31. The number of allylic oxidation sites excluding steroid dienone is 1. The summed E-state index contributed by atoms with van der Waals surface area (Å²) in [6, 6.07) is 7.94. The minimum absolute atomic E-state index is 0.574. The Morgan fingerprint density at radius 1 is 1.27 bits per heavy atom. The molecular weight excluding hydrogens is 188 g/mol. The summed E-state index contributed by atoms with van der Waals surface area (Å²) in [6.45, 7) is 4.56. The second-order valence-electron chi connectivity index (χ2n) is 3.20. The first kappa shape index (κ1) is 11.5. The number of ether oxygens (including phenoxy) is 1. The Balaban J connectivity index is 2.87. The molecule has 15 heavy (non-hydrogen) atoms. The van der Waals surface area contributed by atoms with Crippen molar-refractivity contribution >= 4 is 11.9 Å². The number of hydrogen-bond acceptors (Lipinski definition) is 2. The second kappa shape index (κ2) is 6.02. The SMILES string of the molecule is CCO/C=C(\C=O)c1ccc(CC)cc1. The molecule has 0 saturated heterocycles. The lowest BCUT2D eigenvalue weighted by atomic mass is 10.1. The van der Waals surface area contributed by atoms with Gasteiger partial charge in [-0.1, -0.05) is 31.2 Å². The minimum Gasteiger partial charge on any atom is -0.501 e. The Morgan fingerprint density at radius 3 is 2.40 bits per heavy atom. The smallest absolute Gasteiger partial charge is 0.153 e. The van der Waals surface area contributed by atoms with Gasteiger partial charge in [0.25, 0.3) is 0 Å². The van der Waals surface area contributed by atoms with Crippen molar-refractivity contribution < 1.29 is 9.53 Å². The van der Waals surface area contributed by atoms with Gasteiger partial charge in [-0.3, -0.25) is 4.79 Å². The van der Waals surface area contributed by atoms with Crippen LogP contribution >= 0.6 is 0 Å². The zero-order chi connectivity index (χ0) is 11.1. The average molecular weight is 204 g/mol. The number of aryl methyl sites for hydroxylation is 1. The van der Waals surface area contributed by atoms with Crippen LogP contribution in [0.3, 0.4) is 0 Å². The van der Waals surface area contributed by atoms with Crippen LogP contribution in [0.5, 0.6) is 0 Å². The molecule has 0 atom stereocenters. The third-order valence-electron chi connectivity index (χ3n) is 2.20. The van der Waals surface area contributed by atoms with Crippen LogP contribution in [0.25, 0.3) is 5.57 Å². The van der Waals surface area contributed by atoms with Crippen molar-refractivity contribution in [1.82, 2.24) is 0 Å². The van der Waals surface area contributed by atoms with Crippen LogP contribution in [0, 0.1) is 0 Å². The van der Waals surface area contributed by atoms with E-state index in [1.54, 1.807) is 0 Å². The molecule has 80 valence electrons. The van der Waals surface area contributed by atoms with Gasteiger partial charge >= 0.3 is 0 Å². The van der Waals surface area contributed by atoms with Gasteiger partial charge in [-0.25, -0.2) is 0 Å². The summed E-state index contributed by atoms with van der Waals surface area (Å²) in [7, 11) is 0. The van der Waals surface area contributed by atoms with E-state index in [-0.39, 0.29) is 0 Å². The summed E-state index contributed by atoms with van der Waals surface area (Å²) < 4.78 is 5.10. The molecule has 0 amide bonds. The predicted octanol–water partition coefficient (Wildman–Crippen LogP) is 2.83. The van der Waals surface area contributed by atoms with Crippen LogP contribution in [0.4, 0.5) is 0 Å². The highest BCUT2D eigenvalue weighted by atomic mass is 16.5. The summed E-state index contributed by atoms with van der Waals surface area (Å²) in [5, 5.41) is 0. The maximum Gasteiger partial charge on any atom is 0.153 e. The van der Waals surface area contributed by atoms with Gasteiger partial charge in [-0.2, -0.15) is 0 Å². The Kier molecular flexibility index (Phi) is 4.61. The van der Waals surface area contributed by atoms with E-state index < -0.39 is 0 Å². The van der Waals surface area contributed by atoms with E-state index in [2.05, 4.69) is 6.92 Å². The molecule has 0 heterocycles. The summed E-state index contributed by atoms with van der Waals surface area (Å²) in [5.74, 6) is 0. The van der Waals surface area contributed by atoms with E-state index in [9.17, 15) is 4.79 Å². The molecule has 1 aromatic carbocycles. The van der Waals surface area contributed by atoms with E-state index in [0.29, 0.717) is 12.2 Å². The first-order chi connectivity index (χ1) is 7.31. The molecule has 0 radical (unpaired) electrons. The molecule has 0 spiro atoms. The third kappa shape index (κ3) is 3.24. The largest absolute Gasteiger partial charge is 0.501 e. The van der Waals surface area contributed by atoms with Crippen LogP contribution < -0.4 is 0 Å². The maximum absolute atomic E-state index is 10.8. The fraction of sp³-hybridized carbons (Fsp3) is 0.308. The quantitative estimate of drug-likeness (QED) is 0.419. The lowest BCUT2D eigenvalue weighted by molar-refractivity contribution is -0.103. The molecule has 0 aliphatic rings. The van der Waals surface area contributed by atoms with Crippen LogP contribution in [-0.4, -0.2) is 12.9 Å². The zero-order valence-electron chi connectivity index (χ0n) is 9.19. The molecule has 0 N–H and O–H groups in total. The maximum atomic E-state index is 10.8. The van der Waals surface area contributed by atoms with Gasteiger partial charge in [0, 0.05) is 0 Å². The van der Waals surface area contributed by atoms with Crippen molar-refractivity contribution in [2.45, 2.75) is 20.3 Å². The number of carbonyl (C=O) groups excluding carboxylic acids is 1. The van der Waals surface area contributed by atoms with Crippen molar-refractivity contribution in [2.24, 2.45) is 0 Å². The van der Waals surface area contributed by atoms with Gasteiger partial charge < -0.3 is 4.74 Å². The summed E-state index contributed by atoms with van der Waals surface area (Å²) >= 11 is 0. The number of hydrogen-bond donors (Lipinski definition) is 0. The monoisotopic (exact) mass is 204 g/mol. The van der Waals surface area contributed by atoms with Gasteiger partial charge in [0.05, 0.1) is 18.4 Å². The van der Waals surface area contributed by atoms with Gasteiger partial charge in [0.2, 0.25) is 0 Å². The first-order valence-electron chi connectivity index (χ1n) is 5.18. The van der Waals surface area contributed by atoms with Crippen LogP contribution in [0.1, 0.15) is 25.0 Å². The van der Waals surface area contributed by atoms with Crippen molar-refractivity contribution in [2.75, 3.05) is 6.61 Å². The van der Waals surface area contributed by atoms with Gasteiger partial charge in [0.1, 0.15) is 0 Å². The van der Waals surface area contributed by atoms with Gasteiger partial charge in [-0.15, -0.1) is 0 Å². The molecule has 2 nitrogen and oxygen atoms in total. The minimum atomic E-state index is 0.574. The fourth-order valence-corrected chi connectivity index (χ4v) is 1.27. The molecule has 0 aliphatic carbocycles. The molecule has 1 aromatic rings. The molecule has 0 bridgehead atoms. The van der Waals surface area contributed by atoms with E-state index in [1.807, 2.05) is 31.2 Å². The van der Waals surface area contributed by atoms with Crippen LogP contribution in [-0.2, 0) is 16.0 Å². The van der Waals surface area contributed by atoms with E-state index >= 15 is 0 Å². The second-order valence-corrected chi connectivity index (χ2v) is 3.20. The molecule has 2 heteroatoms. The van der Waals surface area contributed by atoms with Crippen molar-refractivity contribution in [3.05, 3.63) is 41.7 Å². The molecule has 0 fully saturated rings. The van der Waals surface area contributed by atoms with Crippen LogP contribution in [0.2, 0.25) is 0 Å². The lowest BCUT2D eigenvalue weighted by Gasteiger charge is -2.02. The van der Waals surface area contributed by atoms with Gasteiger partial charge in [0.15, 0.2) is 6.29 Å². The standard InChI is InChI=1S/C13H16O2/c1-3-11-5-7-12(8-6-11)13(9-14)10-15-4-2/h5-10H,3-4H2,1-2H3/b13-10+. The summed E-state index contributed by atoms with van der Waals surface area (Å²) in [6.07, 6.45) is 3.33. The van der Waals surface area contributed by atoms with Crippen molar-refractivity contribution in [1.29, 1.82) is 0 Å². The number of rotatable bonds is 5. The fourth-order valence-electron chi connectivity index (χ4n) is 1.27. The normalized spacial score (nSPS) is 11.2. The highest BCUT2D eigenvalue weighted by molar-refractivity contribution is 6.06. The topological polar surface area (TPSA) is 26.3 Å². The summed E-state index contributed by atoms with van der Waals surface area (Å²) in [5.41, 5.74) is 2.75. The zero-order valence-corrected chi connectivity index (χ0v) is 9.19. The molecule has 0 aromatic heterocycles. The Labute approximate surface area is 90.6 Å². The summed E-state index contributed by atoms with van der Waals surface area (Å²) in [4.78, 5) is 10.8. The number of aldehydes is 1. The predicted molar refractivity (Wildman–Crippen MR) is 61.5 cm³/mol. The van der Waals surface area contributed by atoms with E-state index in [0.717, 1.165) is 18.3 Å². The number of benzene rings is 1. The third-order valence-corrected chi connectivity index (χ3v) is 2.20. The highest BCUT2D eigenvalue weighted by Crippen LogP contribution is 2.13. The first-order valence-corrected chi connectivity index (χ1v) is 5.18. The Morgan fingerprint density at radius 2 is 1.93 bits per heavy atom. The molecule has 0 aliphatic heterocycles. The lowest BCUT2D eigenvalue weighted by Crippen LogP contribution is -1.89.